The van der Waals surface area contributed by atoms with Crippen molar-refractivity contribution in [3.8, 4) is 5.75 Å². The van der Waals surface area contributed by atoms with E-state index >= 15 is 0 Å². The summed E-state index contributed by atoms with van der Waals surface area (Å²) in [4.78, 5) is 30.7. The first-order valence-corrected chi connectivity index (χ1v) is 7.81. The molecule has 1 aromatic rings. The monoisotopic (exact) mass is 332 g/mol. The average Bonchev–Trinajstić information content (AvgIpc) is 2.62. The molecule has 2 amide bonds. The molecule has 1 unspecified atom stereocenters. The van der Waals surface area contributed by atoms with E-state index in [4.69, 9.17) is 9.47 Å². The molecule has 128 valence electrons. The maximum absolute atomic E-state index is 12.5. The number of nitrogens with zero attached hydrogens (tertiary/aromatic N) is 2. The van der Waals surface area contributed by atoms with E-state index in [0.29, 0.717) is 43.7 Å². The molecule has 2 N–H and O–H groups in total. The lowest BCUT2D eigenvalue weighted by atomic mass is 10.1. The zero-order chi connectivity index (χ0) is 16.9. The summed E-state index contributed by atoms with van der Waals surface area (Å²) in [5.74, 6) is 0.563. The zero-order valence-corrected chi connectivity index (χ0v) is 13.4. The Morgan fingerprint density at radius 1 is 1.42 bits per heavy atom. The minimum Gasteiger partial charge on any atom is -0.497 e. The minimum atomic E-state index is -0.747. The average molecular weight is 332 g/mol. The van der Waals surface area contributed by atoms with Gasteiger partial charge < -0.3 is 19.7 Å². The smallest absolute Gasteiger partial charge is 0.249 e. The lowest BCUT2D eigenvalue weighted by molar-refractivity contribution is -0.125. The SMILES string of the molecule is COc1cccc(NC(=O)C2CC(=O)NC(N3CCOCC3)=N2)c1. The zero-order valence-electron chi connectivity index (χ0n) is 13.4. The highest BCUT2D eigenvalue weighted by atomic mass is 16.5. The molecular formula is C16H20N4O4. The summed E-state index contributed by atoms with van der Waals surface area (Å²) < 4.78 is 10.4. The fraction of sp³-hybridized carbons (Fsp3) is 0.438. The van der Waals surface area contributed by atoms with Crippen LogP contribution in [0.3, 0.4) is 0 Å². The van der Waals surface area contributed by atoms with Gasteiger partial charge in [0.05, 0.1) is 26.7 Å². The Hall–Kier alpha value is -2.61. The summed E-state index contributed by atoms with van der Waals surface area (Å²) in [6.07, 6.45) is 0.0314. The van der Waals surface area contributed by atoms with Gasteiger partial charge in [-0.3, -0.25) is 14.9 Å². The van der Waals surface area contributed by atoms with E-state index in [1.54, 1.807) is 31.4 Å². The molecule has 3 rings (SSSR count). The van der Waals surface area contributed by atoms with Crippen LogP contribution in [-0.4, -0.2) is 62.1 Å². The Morgan fingerprint density at radius 2 is 2.21 bits per heavy atom. The fourth-order valence-electron chi connectivity index (χ4n) is 2.59. The Bertz CT molecular complexity index is 655. The molecule has 8 heteroatoms. The first-order valence-electron chi connectivity index (χ1n) is 7.81. The standard InChI is InChI=1S/C16H20N4O4/c1-23-12-4-2-3-11(9-12)17-15(22)13-10-14(21)19-16(18-13)20-5-7-24-8-6-20/h2-4,9,13H,5-8,10H2,1H3,(H,17,22)(H,18,19,21). The maximum atomic E-state index is 12.5. The third-order valence-electron chi connectivity index (χ3n) is 3.86. The van der Waals surface area contributed by atoms with Crippen LogP contribution < -0.4 is 15.4 Å². The molecule has 1 atom stereocenters. The predicted molar refractivity (Wildman–Crippen MR) is 88.0 cm³/mol. The van der Waals surface area contributed by atoms with Gasteiger partial charge in [-0.25, -0.2) is 4.99 Å². The van der Waals surface area contributed by atoms with Crippen molar-refractivity contribution in [2.75, 3.05) is 38.7 Å². The fourth-order valence-corrected chi connectivity index (χ4v) is 2.59. The van der Waals surface area contributed by atoms with Gasteiger partial charge in [0.15, 0.2) is 0 Å². The van der Waals surface area contributed by atoms with E-state index in [9.17, 15) is 9.59 Å². The molecule has 24 heavy (non-hydrogen) atoms. The number of carbonyl (C=O) groups is 2. The summed E-state index contributed by atoms with van der Waals surface area (Å²) >= 11 is 0. The highest BCUT2D eigenvalue weighted by Crippen LogP contribution is 2.18. The minimum absolute atomic E-state index is 0.0314. The number of hydrogen-bond acceptors (Lipinski definition) is 6. The van der Waals surface area contributed by atoms with Crippen molar-refractivity contribution in [2.45, 2.75) is 12.5 Å². The lowest BCUT2D eigenvalue weighted by Crippen LogP contribution is -2.53. The number of guanidine groups is 1. The molecule has 0 aromatic heterocycles. The Balaban J connectivity index is 1.71. The number of hydrogen-bond donors (Lipinski definition) is 2. The molecular weight excluding hydrogens is 312 g/mol. The highest BCUT2D eigenvalue weighted by molar-refractivity contribution is 6.06. The molecule has 8 nitrogen and oxygen atoms in total. The lowest BCUT2D eigenvalue weighted by Gasteiger charge is -2.32. The molecule has 0 spiro atoms. The Labute approximate surface area is 139 Å². The Morgan fingerprint density at radius 3 is 2.96 bits per heavy atom. The number of nitrogens with one attached hydrogen (secondary N) is 2. The molecule has 1 fully saturated rings. The molecule has 2 aliphatic heterocycles. The number of methoxy groups -OCH3 is 1. The van der Waals surface area contributed by atoms with Gasteiger partial charge >= 0.3 is 0 Å². The Kier molecular flexibility index (Phi) is 4.95. The van der Waals surface area contributed by atoms with Crippen LogP contribution in [0.2, 0.25) is 0 Å². The van der Waals surface area contributed by atoms with Gasteiger partial charge in [-0.2, -0.15) is 0 Å². The van der Waals surface area contributed by atoms with Gasteiger partial charge in [0.2, 0.25) is 17.8 Å². The van der Waals surface area contributed by atoms with Gasteiger partial charge in [-0.1, -0.05) is 6.07 Å². The van der Waals surface area contributed by atoms with E-state index in [1.807, 2.05) is 4.90 Å². The van der Waals surface area contributed by atoms with Crippen LogP contribution in [0.15, 0.2) is 29.3 Å². The first kappa shape index (κ1) is 16.3. The van der Waals surface area contributed by atoms with Crippen molar-refractivity contribution in [1.29, 1.82) is 0 Å². The molecule has 0 bridgehead atoms. The number of ether oxygens (including phenoxy) is 2. The number of anilines is 1. The number of aliphatic imine (C=N–C) groups is 1. The van der Waals surface area contributed by atoms with Crippen LogP contribution in [-0.2, 0) is 14.3 Å². The summed E-state index contributed by atoms with van der Waals surface area (Å²) in [5.41, 5.74) is 0.605. The molecule has 0 aliphatic carbocycles. The van der Waals surface area contributed by atoms with Crippen LogP contribution in [0.1, 0.15) is 6.42 Å². The summed E-state index contributed by atoms with van der Waals surface area (Å²) in [6.45, 7) is 2.44. The molecule has 2 heterocycles. The van der Waals surface area contributed by atoms with E-state index in [0.717, 1.165) is 0 Å². The van der Waals surface area contributed by atoms with E-state index in [-0.39, 0.29) is 18.2 Å². The second-order valence-electron chi connectivity index (χ2n) is 5.54. The van der Waals surface area contributed by atoms with Gasteiger partial charge in [-0.15, -0.1) is 0 Å². The quantitative estimate of drug-likeness (QED) is 0.825. The number of rotatable bonds is 3. The van der Waals surface area contributed by atoms with Crippen LogP contribution in [0.25, 0.3) is 0 Å². The van der Waals surface area contributed by atoms with E-state index < -0.39 is 6.04 Å². The third-order valence-corrected chi connectivity index (χ3v) is 3.86. The summed E-state index contributed by atoms with van der Waals surface area (Å²) in [6, 6.07) is 6.30. The molecule has 0 saturated carbocycles. The van der Waals surface area contributed by atoms with Gasteiger partial charge in [-0.05, 0) is 12.1 Å². The van der Waals surface area contributed by atoms with Gasteiger partial charge in [0.1, 0.15) is 11.8 Å². The van der Waals surface area contributed by atoms with E-state index in [2.05, 4.69) is 15.6 Å². The van der Waals surface area contributed by atoms with Crippen molar-refractivity contribution in [1.82, 2.24) is 10.2 Å². The second-order valence-corrected chi connectivity index (χ2v) is 5.54. The predicted octanol–water partition coefficient (Wildman–Crippen LogP) is 0.210. The normalized spacial score (nSPS) is 20.9. The summed E-state index contributed by atoms with van der Waals surface area (Å²) in [7, 11) is 1.56. The van der Waals surface area contributed by atoms with Crippen LogP contribution in [0.5, 0.6) is 5.75 Å². The van der Waals surface area contributed by atoms with Gasteiger partial charge in [0.25, 0.3) is 0 Å². The number of benzene rings is 1. The van der Waals surface area contributed by atoms with Crippen molar-refractivity contribution < 1.29 is 19.1 Å². The number of carbonyl (C=O) groups excluding carboxylic acids is 2. The van der Waals surface area contributed by atoms with Crippen LogP contribution >= 0.6 is 0 Å². The molecule has 1 saturated heterocycles. The van der Waals surface area contributed by atoms with Crippen molar-refractivity contribution in [3.63, 3.8) is 0 Å². The van der Waals surface area contributed by atoms with Gasteiger partial charge in [0, 0.05) is 24.8 Å². The maximum Gasteiger partial charge on any atom is 0.249 e. The first-order chi connectivity index (χ1) is 11.7. The van der Waals surface area contributed by atoms with Crippen LogP contribution in [0, 0.1) is 0 Å². The number of amides is 2. The summed E-state index contributed by atoms with van der Waals surface area (Å²) in [5, 5.41) is 5.52. The molecule has 0 radical (unpaired) electrons. The highest BCUT2D eigenvalue weighted by Gasteiger charge is 2.29. The largest absolute Gasteiger partial charge is 0.497 e. The topological polar surface area (TPSA) is 92.3 Å². The van der Waals surface area contributed by atoms with Crippen molar-refractivity contribution >= 4 is 23.5 Å². The molecule has 2 aliphatic rings. The van der Waals surface area contributed by atoms with Crippen LogP contribution in [0.4, 0.5) is 5.69 Å². The van der Waals surface area contributed by atoms with E-state index in [1.165, 1.54) is 0 Å². The third kappa shape index (κ3) is 3.83. The number of morpholine rings is 1. The second kappa shape index (κ2) is 7.31. The molecule has 1 aromatic carbocycles. The van der Waals surface area contributed by atoms with Crippen molar-refractivity contribution in [3.05, 3.63) is 24.3 Å². The van der Waals surface area contributed by atoms with Crippen molar-refractivity contribution in [2.24, 2.45) is 4.99 Å².